The largest absolute Gasteiger partial charge is 0.295 e. The molecule has 0 aliphatic carbocycles. The third kappa shape index (κ3) is 4.09. The van der Waals surface area contributed by atoms with Crippen molar-refractivity contribution in [2.24, 2.45) is 0 Å². The summed E-state index contributed by atoms with van der Waals surface area (Å²) in [5.41, 5.74) is 2.48. The fourth-order valence-corrected chi connectivity index (χ4v) is 4.00. The van der Waals surface area contributed by atoms with E-state index in [-0.39, 0.29) is 28.4 Å². The molecule has 2 N–H and O–H groups in total. The number of carbonyl (C=O) groups excluding carboxylic acids is 4. The Kier molecular flexibility index (Phi) is 5.60. The van der Waals surface area contributed by atoms with Crippen molar-refractivity contribution in [1.29, 1.82) is 0 Å². The van der Waals surface area contributed by atoms with Crippen LogP contribution in [0.2, 0.25) is 10.0 Å². The van der Waals surface area contributed by atoms with Crippen LogP contribution in [0.15, 0.2) is 36.4 Å². The Bertz CT molecular complexity index is 1090. The molecule has 0 spiro atoms. The molecule has 7 nitrogen and oxygen atoms in total. The van der Waals surface area contributed by atoms with Crippen molar-refractivity contribution in [3.05, 3.63) is 68.7 Å². The summed E-state index contributed by atoms with van der Waals surface area (Å²) in [6.07, 6.45) is 0.790. The standard InChI is InChI=1S/C21H17Cl2N3O4/c22-15-4-3-12(8-16(15)23)20(29)25-19(28)11-1-2-13-9-26(10-14(13)7-11)17-5-6-18(27)24-21(17)30/h1-4,7-8,17H,5-6,9-10H2,(H,24,27,30)(H,25,28,29). The van der Waals surface area contributed by atoms with E-state index in [4.69, 9.17) is 23.2 Å². The summed E-state index contributed by atoms with van der Waals surface area (Å²) in [6.45, 7) is 1.05. The molecule has 2 aromatic carbocycles. The first-order valence-corrected chi connectivity index (χ1v) is 10.1. The Morgan fingerprint density at radius 1 is 0.933 bits per heavy atom. The van der Waals surface area contributed by atoms with E-state index < -0.39 is 11.8 Å². The lowest BCUT2D eigenvalue weighted by Gasteiger charge is -2.29. The molecule has 0 saturated carbocycles. The minimum absolute atomic E-state index is 0.225. The van der Waals surface area contributed by atoms with Gasteiger partial charge >= 0.3 is 0 Å². The number of piperidine rings is 1. The van der Waals surface area contributed by atoms with Gasteiger partial charge in [-0.25, -0.2) is 0 Å². The molecule has 1 unspecified atom stereocenters. The number of halogens is 2. The zero-order valence-electron chi connectivity index (χ0n) is 15.7. The number of imide groups is 2. The number of hydrogen-bond acceptors (Lipinski definition) is 5. The number of carbonyl (C=O) groups is 4. The van der Waals surface area contributed by atoms with Crippen LogP contribution in [0.5, 0.6) is 0 Å². The summed E-state index contributed by atoms with van der Waals surface area (Å²) >= 11 is 11.8. The second-order valence-corrected chi connectivity index (χ2v) is 8.08. The van der Waals surface area contributed by atoms with Crippen molar-refractivity contribution in [2.45, 2.75) is 32.0 Å². The summed E-state index contributed by atoms with van der Waals surface area (Å²) in [7, 11) is 0. The number of fused-ring (bicyclic) bond motifs is 1. The van der Waals surface area contributed by atoms with Crippen molar-refractivity contribution in [3.63, 3.8) is 0 Å². The van der Waals surface area contributed by atoms with Crippen LogP contribution in [0.4, 0.5) is 0 Å². The topological polar surface area (TPSA) is 95.6 Å². The van der Waals surface area contributed by atoms with Gasteiger partial charge in [0.2, 0.25) is 11.8 Å². The highest BCUT2D eigenvalue weighted by Gasteiger charge is 2.34. The Labute approximate surface area is 182 Å². The Hall–Kier alpha value is -2.74. The van der Waals surface area contributed by atoms with Crippen molar-refractivity contribution in [3.8, 4) is 0 Å². The van der Waals surface area contributed by atoms with Crippen molar-refractivity contribution in [1.82, 2.24) is 15.5 Å². The van der Waals surface area contributed by atoms with Crippen molar-refractivity contribution >= 4 is 46.8 Å². The number of amides is 4. The van der Waals surface area contributed by atoms with Gasteiger partial charge in [-0.1, -0.05) is 29.3 Å². The smallest absolute Gasteiger partial charge is 0.258 e. The lowest BCUT2D eigenvalue weighted by Crippen LogP contribution is -2.50. The Morgan fingerprint density at radius 3 is 2.30 bits per heavy atom. The number of benzene rings is 2. The van der Waals surface area contributed by atoms with Crippen LogP contribution in [0.1, 0.15) is 44.7 Å². The van der Waals surface area contributed by atoms with Crippen molar-refractivity contribution in [2.75, 3.05) is 0 Å². The third-order valence-electron chi connectivity index (χ3n) is 5.28. The average Bonchev–Trinajstić information content (AvgIpc) is 3.12. The molecule has 154 valence electrons. The van der Waals surface area contributed by atoms with E-state index >= 15 is 0 Å². The van der Waals surface area contributed by atoms with E-state index in [1.165, 1.54) is 18.2 Å². The van der Waals surface area contributed by atoms with Gasteiger partial charge in [0.15, 0.2) is 0 Å². The molecule has 0 radical (unpaired) electrons. The highest BCUT2D eigenvalue weighted by atomic mass is 35.5. The molecule has 0 bridgehead atoms. The van der Waals surface area contributed by atoms with Crippen molar-refractivity contribution < 1.29 is 19.2 Å². The molecule has 1 atom stereocenters. The average molecular weight is 446 g/mol. The minimum atomic E-state index is -0.579. The van der Waals surface area contributed by atoms with Crippen LogP contribution in [-0.4, -0.2) is 34.6 Å². The summed E-state index contributed by atoms with van der Waals surface area (Å²) < 4.78 is 0. The molecular formula is C21H17Cl2N3O4. The third-order valence-corrected chi connectivity index (χ3v) is 6.01. The normalized spacial score (nSPS) is 18.7. The minimum Gasteiger partial charge on any atom is -0.295 e. The molecule has 2 aromatic rings. The first kappa shape index (κ1) is 20.5. The summed E-state index contributed by atoms with van der Waals surface area (Å²) in [5, 5.41) is 5.25. The van der Waals surface area contributed by atoms with Gasteiger partial charge in [-0.2, -0.15) is 0 Å². The first-order chi connectivity index (χ1) is 14.3. The summed E-state index contributed by atoms with van der Waals surface area (Å²) in [5.74, 6) is -1.65. The van der Waals surface area contributed by atoms with Gasteiger partial charge in [0, 0.05) is 30.6 Å². The lowest BCUT2D eigenvalue weighted by atomic mass is 10.0. The van der Waals surface area contributed by atoms with E-state index in [0.717, 1.165) is 11.1 Å². The second kappa shape index (κ2) is 8.18. The van der Waals surface area contributed by atoms with E-state index in [0.29, 0.717) is 36.5 Å². The van der Waals surface area contributed by atoms with Gasteiger partial charge in [0.1, 0.15) is 0 Å². The highest BCUT2D eigenvalue weighted by Crippen LogP contribution is 2.28. The van der Waals surface area contributed by atoms with Crippen LogP contribution in [0.3, 0.4) is 0 Å². The van der Waals surface area contributed by atoms with Gasteiger partial charge < -0.3 is 0 Å². The zero-order chi connectivity index (χ0) is 21.4. The van der Waals surface area contributed by atoms with Crippen LogP contribution in [-0.2, 0) is 22.7 Å². The molecule has 2 heterocycles. The Morgan fingerprint density at radius 2 is 1.60 bits per heavy atom. The fourth-order valence-electron chi connectivity index (χ4n) is 3.70. The molecule has 4 rings (SSSR count). The maximum atomic E-state index is 12.5. The molecule has 2 aliphatic rings. The van der Waals surface area contributed by atoms with Gasteiger partial charge in [-0.3, -0.25) is 34.7 Å². The van der Waals surface area contributed by atoms with Crippen LogP contribution < -0.4 is 10.6 Å². The first-order valence-electron chi connectivity index (χ1n) is 9.32. The Balaban J connectivity index is 1.44. The molecule has 30 heavy (non-hydrogen) atoms. The highest BCUT2D eigenvalue weighted by molar-refractivity contribution is 6.42. The van der Waals surface area contributed by atoms with Gasteiger partial charge in [-0.15, -0.1) is 0 Å². The fraction of sp³-hybridized carbons (Fsp3) is 0.238. The molecule has 9 heteroatoms. The quantitative estimate of drug-likeness (QED) is 0.707. The number of rotatable bonds is 3. The zero-order valence-corrected chi connectivity index (χ0v) is 17.2. The van der Waals surface area contributed by atoms with Crippen LogP contribution in [0, 0.1) is 0 Å². The predicted octanol–water partition coefficient (Wildman–Crippen LogP) is 2.68. The molecule has 1 saturated heterocycles. The van der Waals surface area contributed by atoms with Gasteiger partial charge in [0.25, 0.3) is 11.8 Å². The SMILES string of the molecule is O=C1CCC(N2Cc3ccc(C(=O)NC(=O)c4ccc(Cl)c(Cl)c4)cc3C2)C(=O)N1. The van der Waals surface area contributed by atoms with E-state index in [1.54, 1.807) is 12.1 Å². The maximum Gasteiger partial charge on any atom is 0.258 e. The maximum absolute atomic E-state index is 12.5. The van der Waals surface area contributed by atoms with Gasteiger partial charge in [-0.05, 0) is 47.9 Å². The molecule has 4 amide bonds. The predicted molar refractivity (Wildman–Crippen MR) is 110 cm³/mol. The number of nitrogens with one attached hydrogen (secondary N) is 2. The lowest BCUT2D eigenvalue weighted by molar-refractivity contribution is -0.137. The monoisotopic (exact) mass is 445 g/mol. The van der Waals surface area contributed by atoms with Crippen LogP contribution >= 0.6 is 23.2 Å². The molecular weight excluding hydrogens is 429 g/mol. The van der Waals surface area contributed by atoms with E-state index in [2.05, 4.69) is 10.6 Å². The molecule has 0 aromatic heterocycles. The van der Waals surface area contributed by atoms with Crippen LogP contribution in [0.25, 0.3) is 0 Å². The second-order valence-electron chi connectivity index (χ2n) is 7.27. The number of nitrogens with zero attached hydrogens (tertiary/aromatic N) is 1. The van der Waals surface area contributed by atoms with Gasteiger partial charge in [0.05, 0.1) is 16.1 Å². The molecule has 1 fully saturated rings. The summed E-state index contributed by atoms with van der Waals surface area (Å²) in [4.78, 5) is 50.3. The summed E-state index contributed by atoms with van der Waals surface area (Å²) in [6, 6.07) is 9.18. The molecule has 2 aliphatic heterocycles. The van der Waals surface area contributed by atoms with E-state index in [9.17, 15) is 19.2 Å². The van der Waals surface area contributed by atoms with E-state index in [1.807, 2.05) is 11.0 Å². The number of hydrogen-bond donors (Lipinski definition) is 2.